The molecule has 0 aromatic carbocycles. The average Bonchev–Trinajstić information content (AvgIpc) is 1.98. The third-order valence-electron chi connectivity index (χ3n) is 1.96. The highest BCUT2D eigenvalue weighted by Crippen LogP contribution is 2.11. The predicted molar refractivity (Wildman–Crippen MR) is 49.5 cm³/mol. The summed E-state index contributed by atoms with van der Waals surface area (Å²) in [4.78, 5) is 0. The van der Waals surface area contributed by atoms with E-state index in [0.29, 0.717) is 5.92 Å². The number of allylic oxidation sites excluding steroid dienone is 1. The van der Waals surface area contributed by atoms with Crippen LogP contribution < -0.4 is 0 Å². The molecule has 0 fully saturated rings. The predicted octanol–water partition coefficient (Wildman–Crippen LogP) is 2.61. The van der Waals surface area contributed by atoms with E-state index in [1.807, 2.05) is 6.92 Å². The van der Waals surface area contributed by atoms with Crippen molar-refractivity contribution in [2.24, 2.45) is 11.8 Å². The Balaban J connectivity index is 3.79. The molecule has 0 rings (SSSR count). The Bertz CT molecular complexity index is 125. The van der Waals surface area contributed by atoms with Gasteiger partial charge in [-0.2, -0.15) is 0 Å². The van der Waals surface area contributed by atoms with E-state index >= 15 is 0 Å². The molecule has 0 aliphatic carbocycles. The summed E-state index contributed by atoms with van der Waals surface area (Å²) >= 11 is 0. The molecule has 0 saturated carbocycles. The lowest BCUT2D eigenvalue weighted by molar-refractivity contribution is 0.255. The summed E-state index contributed by atoms with van der Waals surface area (Å²) in [6.45, 7) is 8.80. The first-order valence-corrected chi connectivity index (χ1v) is 4.35. The average molecular weight is 156 g/mol. The van der Waals surface area contributed by atoms with Gasteiger partial charge >= 0.3 is 0 Å². The first-order chi connectivity index (χ1) is 5.07. The molecule has 1 N–H and O–H groups in total. The van der Waals surface area contributed by atoms with Crippen molar-refractivity contribution in [2.75, 3.05) is 6.61 Å². The Labute approximate surface area is 70.1 Å². The molecule has 0 spiro atoms. The van der Waals surface area contributed by atoms with Crippen molar-refractivity contribution in [3.05, 3.63) is 11.6 Å². The van der Waals surface area contributed by atoms with Crippen LogP contribution >= 0.6 is 0 Å². The minimum absolute atomic E-state index is 0.264. The second-order valence-corrected chi connectivity index (χ2v) is 3.66. The first kappa shape index (κ1) is 10.7. The molecule has 0 saturated heterocycles. The summed E-state index contributed by atoms with van der Waals surface area (Å²) in [7, 11) is 0. The fourth-order valence-corrected chi connectivity index (χ4v) is 0.767. The van der Waals surface area contributed by atoms with Crippen molar-refractivity contribution in [2.45, 2.75) is 34.1 Å². The monoisotopic (exact) mass is 156 g/mol. The van der Waals surface area contributed by atoms with Crippen LogP contribution in [-0.2, 0) is 0 Å². The quantitative estimate of drug-likeness (QED) is 0.620. The summed E-state index contributed by atoms with van der Waals surface area (Å²) in [5.74, 6) is 1.05. The lowest BCUT2D eigenvalue weighted by atomic mass is 10.0. The molecular weight excluding hydrogens is 136 g/mol. The van der Waals surface area contributed by atoms with E-state index < -0.39 is 0 Å². The van der Waals surface area contributed by atoms with E-state index in [0.717, 1.165) is 12.3 Å². The van der Waals surface area contributed by atoms with Gasteiger partial charge in [0, 0.05) is 6.61 Å². The minimum Gasteiger partial charge on any atom is -0.396 e. The van der Waals surface area contributed by atoms with Crippen LogP contribution in [0.1, 0.15) is 34.1 Å². The van der Waals surface area contributed by atoms with Gasteiger partial charge in [0.15, 0.2) is 0 Å². The van der Waals surface area contributed by atoms with Gasteiger partial charge in [-0.15, -0.1) is 0 Å². The largest absolute Gasteiger partial charge is 0.396 e. The normalized spacial score (nSPS) is 15.6. The van der Waals surface area contributed by atoms with E-state index in [1.54, 1.807) is 0 Å². The van der Waals surface area contributed by atoms with Crippen molar-refractivity contribution in [1.29, 1.82) is 0 Å². The van der Waals surface area contributed by atoms with Gasteiger partial charge < -0.3 is 5.11 Å². The fraction of sp³-hybridized carbons (Fsp3) is 0.800. The lowest BCUT2D eigenvalue weighted by Crippen LogP contribution is -2.02. The Hall–Kier alpha value is -0.300. The number of aliphatic hydroxyl groups is 1. The zero-order chi connectivity index (χ0) is 8.85. The number of hydrogen-bond acceptors (Lipinski definition) is 1. The van der Waals surface area contributed by atoms with Crippen LogP contribution in [0.4, 0.5) is 0 Å². The SMILES string of the molecule is C/C(=C\CC(C)C)C(C)CO. The number of hydrogen-bond donors (Lipinski definition) is 1. The molecule has 1 heteroatoms. The van der Waals surface area contributed by atoms with Crippen molar-refractivity contribution in [3.63, 3.8) is 0 Å². The maximum Gasteiger partial charge on any atom is 0.0493 e. The minimum atomic E-state index is 0.264. The molecule has 0 aliphatic rings. The Morgan fingerprint density at radius 1 is 1.36 bits per heavy atom. The lowest BCUT2D eigenvalue weighted by Gasteiger charge is -2.08. The Morgan fingerprint density at radius 3 is 2.27 bits per heavy atom. The number of rotatable bonds is 4. The summed E-state index contributed by atoms with van der Waals surface area (Å²) in [5, 5.41) is 8.83. The van der Waals surface area contributed by atoms with Gasteiger partial charge in [0.1, 0.15) is 0 Å². The van der Waals surface area contributed by atoms with E-state index in [-0.39, 0.29) is 6.61 Å². The number of aliphatic hydroxyl groups excluding tert-OH is 1. The van der Waals surface area contributed by atoms with Crippen LogP contribution in [0.25, 0.3) is 0 Å². The highest BCUT2D eigenvalue weighted by atomic mass is 16.3. The van der Waals surface area contributed by atoms with Crippen molar-refractivity contribution >= 4 is 0 Å². The summed E-state index contributed by atoms with van der Waals surface area (Å²) in [6.07, 6.45) is 3.35. The summed E-state index contributed by atoms with van der Waals surface area (Å²) in [6, 6.07) is 0. The van der Waals surface area contributed by atoms with Gasteiger partial charge in [-0.25, -0.2) is 0 Å². The third kappa shape index (κ3) is 5.02. The highest BCUT2D eigenvalue weighted by molar-refractivity contribution is 5.02. The van der Waals surface area contributed by atoms with Crippen molar-refractivity contribution in [3.8, 4) is 0 Å². The maximum absolute atomic E-state index is 8.83. The first-order valence-electron chi connectivity index (χ1n) is 4.35. The van der Waals surface area contributed by atoms with Gasteiger partial charge in [-0.1, -0.05) is 32.4 Å². The molecule has 0 radical (unpaired) electrons. The van der Waals surface area contributed by atoms with E-state index in [4.69, 9.17) is 5.11 Å². The second-order valence-electron chi connectivity index (χ2n) is 3.66. The third-order valence-corrected chi connectivity index (χ3v) is 1.96. The fourth-order valence-electron chi connectivity index (χ4n) is 0.767. The van der Waals surface area contributed by atoms with Gasteiger partial charge in [-0.3, -0.25) is 0 Å². The topological polar surface area (TPSA) is 20.2 Å². The molecular formula is C10H20O. The van der Waals surface area contributed by atoms with Crippen LogP contribution in [0.2, 0.25) is 0 Å². The van der Waals surface area contributed by atoms with Crippen LogP contribution in [0.3, 0.4) is 0 Å². The maximum atomic E-state index is 8.83. The van der Waals surface area contributed by atoms with Gasteiger partial charge in [0.25, 0.3) is 0 Å². The standard InChI is InChI=1S/C10H20O/c1-8(2)5-6-9(3)10(4)7-11/h6,8,10-11H,5,7H2,1-4H3/b9-6+. The van der Waals surface area contributed by atoms with Gasteiger partial charge in [0.2, 0.25) is 0 Å². The highest BCUT2D eigenvalue weighted by Gasteiger charge is 2.01. The molecule has 11 heavy (non-hydrogen) atoms. The summed E-state index contributed by atoms with van der Waals surface area (Å²) < 4.78 is 0. The molecule has 0 aromatic rings. The molecule has 1 atom stereocenters. The van der Waals surface area contributed by atoms with E-state index in [1.165, 1.54) is 5.57 Å². The van der Waals surface area contributed by atoms with Gasteiger partial charge in [0.05, 0.1) is 0 Å². The van der Waals surface area contributed by atoms with Crippen LogP contribution in [-0.4, -0.2) is 11.7 Å². The molecule has 1 unspecified atom stereocenters. The molecule has 0 bridgehead atoms. The van der Waals surface area contributed by atoms with Crippen molar-refractivity contribution in [1.82, 2.24) is 0 Å². The Kier molecular flexibility index (Phi) is 5.22. The molecule has 1 nitrogen and oxygen atoms in total. The molecule has 0 aromatic heterocycles. The van der Waals surface area contributed by atoms with E-state index in [2.05, 4.69) is 26.8 Å². The van der Waals surface area contributed by atoms with Crippen LogP contribution in [0, 0.1) is 11.8 Å². The molecule has 0 aliphatic heterocycles. The van der Waals surface area contributed by atoms with Crippen molar-refractivity contribution < 1.29 is 5.11 Å². The van der Waals surface area contributed by atoms with Gasteiger partial charge in [-0.05, 0) is 25.2 Å². The molecule has 0 amide bonds. The smallest absolute Gasteiger partial charge is 0.0493 e. The summed E-state index contributed by atoms with van der Waals surface area (Å²) in [5.41, 5.74) is 1.31. The molecule has 66 valence electrons. The van der Waals surface area contributed by atoms with Crippen LogP contribution in [0.5, 0.6) is 0 Å². The second kappa shape index (κ2) is 5.36. The zero-order valence-electron chi connectivity index (χ0n) is 8.09. The molecule has 0 heterocycles. The Morgan fingerprint density at radius 2 is 1.91 bits per heavy atom. The van der Waals surface area contributed by atoms with E-state index in [9.17, 15) is 0 Å². The zero-order valence-corrected chi connectivity index (χ0v) is 8.09. The van der Waals surface area contributed by atoms with Crippen LogP contribution in [0.15, 0.2) is 11.6 Å².